The van der Waals surface area contributed by atoms with E-state index in [2.05, 4.69) is 40.7 Å². The number of carboxylic acid groups (broad SMARTS) is 1. The summed E-state index contributed by atoms with van der Waals surface area (Å²) in [6.45, 7) is 10.2. The van der Waals surface area contributed by atoms with Crippen molar-refractivity contribution in [3.05, 3.63) is 11.6 Å². The number of hydrogen-bond acceptors (Lipinski definition) is 23. The van der Waals surface area contributed by atoms with Gasteiger partial charge in [0.25, 0.3) is 0 Å². The molecule has 0 aromatic rings. The van der Waals surface area contributed by atoms with E-state index >= 15 is 4.79 Å². The molecule has 0 amide bonds. The van der Waals surface area contributed by atoms with Crippen LogP contribution in [0.5, 0.6) is 0 Å². The summed E-state index contributed by atoms with van der Waals surface area (Å²) in [5.74, 6) is -2.54. The molecule has 5 aliphatic carbocycles. The summed E-state index contributed by atoms with van der Waals surface area (Å²) in [5, 5.41) is 149. The fourth-order valence-electron chi connectivity index (χ4n) is 16.1. The Kier molecular flexibility index (Phi) is 16.7. The number of rotatable bonds is 12. The summed E-state index contributed by atoms with van der Waals surface area (Å²) in [5.41, 5.74) is -3.18. The van der Waals surface area contributed by atoms with E-state index in [0.717, 1.165) is 5.57 Å². The van der Waals surface area contributed by atoms with Crippen LogP contribution >= 0.6 is 0 Å². The van der Waals surface area contributed by atoms with Crippen LogP contribution in [0.25, 0.3) is 0 Å². The lowest BCUT2D eigenvalue weighted by Crippen LogP contribution is -2.67. The molecule has 4 saturated heterocycles. The summed E-state index contributed by atoms with van der Waals surface area (Å²) in [4.78, 5) is 29.2. The lowest BCUT2D eigenvalue weighted by molar-refractivity contribution is -0.368. The second-order valence-electron chi connectivity index (χ2n) is 25.6. The van der Waals surface area contributed by atoms with Gasteiger partial charge in [-0.15, -0.1) is 0 Å². The Balaban J connectivity index is 1.01. The second-order valence-corrected chi connectivity index (χ2v) is 25.6. The third-order valence-corrected chi connectivity index (χ3v) is 21.1. The number of esters is 1. The third kappa shape index (κ3) is 9.65. The maximum absolute atomic E-state index is 15.6. The van der Waals surface area contributed by atoms with Gasteiger partial charge in [-0.3, -0.25) is 9.59 Å². The minimum Gasteiger partial charge on any atom is -0.481 e. The molecule has 24 nitrogen and oxygen atoms in total. The molecule has 440 valence electrons. The molecular formula is C53H84O24. The highest BCUT2D eigenvalue weighted by Crippen LogP contribution is 2.76. The van der Waals surface area contributed by atoms with E-state index in [1.54, 1.807) is 6.92 Å². The average Bonchev–Trinajstić information content (AvgIpc) is 3.41. The summed E-state index contributed by atoms with van der Waals surface area (Å²) in [6.07, 6.45) is -25.9. The molecule has 9 rings (SSSR count). The first kappa shape index (κ1) is 59.5. The zero-order valence-electron chi connectivity index (χ0n) is 44.6. The van der Waals surface area contributed by atoms with Gasteiger partial charge in [-0.25, -0.2) is 0 Å². The Morgan fingerprint density at radius 3 is 1.83 bits per heavy atom. The van der Waals surface area contributed by atoms with Crippen LogP contribution in [0, 0.1) is 50.2 Å². The van der Waals surface area contributed by atoms with Crippen LogP contribution < -0.4 is 0 Å². The van der Waals surface area contributed by atoms with Gasteiger partial charge in [0, 0.05) is 0 Å². The number of aliphatic carboxylic acids is 1. The van der Waals surface area contributed by atoms with Crippen molar-refractivity contribution in [2.24, 2.45) is 50.2 Å². The molecule has 0 aromatic heterocycles. The number of aliphatic hydroxyl groups excluding tert-OH is 13. The first-order chi connectivity index (χ1) is 36.0. The van der Waals surface area contributed by atoms with Gasteiger partial charge in [0.05, 0.1) is 43.4 Å². The predicted molar refractivity (Wildman–Crippen MR) is 259 cm³/mol. The molecule has 0 unspecified atom stereocenters. The van der Waals surface area contributed by atoms with E-state index < -0.39 is 182 Å². The standard InChI is InChI=1S/C53H84O24/c1-48(2)13-15-53(47(69)77-45-41(76-44-40(66)36(62)33(59)26(19-55)73-44)37(63)34(60)27(74-45)21-71-42-39(65)35(61)32(58)25(18-54)72-42)16-14-50(4)22(23(53)17-48)7-8-28-49(3)11-10-30(75-43-38(64)31(57)24(56)20-70-43)52(6,46(67)68)29(49)9-12-51(28,50)5/h7,23-45,54-66H,8-21H2,1-6H3,(H,67,68)/t23-,24-,25+,26+,27+,28+,29+,30-,31-,32+,33+,34+,35-,36-,37-,38+,39+,40+,41+,42+,43-,44-,45-,49+,50+,51+,52-,53-/m0/s1. The molecule has 24 heteroatoms. The van der Waals surface area contributed by atoms with E-state index in [-0.39, 0.29) is 29.8 Å². The van der Waals surface area contributed by atoms with E-state index in [9.17, 15) is 76.3 Å². The monoisotopic (exact) mass is 1100 g/mol. The fourth-order valence-corrected chi connectivity index (χ4v) is 16.1. The highest BCUT2D eigenvalue weighted by Gasteiger charge is 2.72. The van der Waals surface area contributed by atoms with E-state index in [1.807, 2.05) is 0 Å². The molecule has 0 bridgehead atoms. The van der Waals surface area contributed by atoms with Gasteiger partial charge in [-0.2, -0.15) is 0 Å². The van der Waals surface area contributed by atoms with Crippen molar-refractivity contribution in [2.75, 3.05) is 26.4 Å². The molecule has 0 aromatic carbocycles. The van der Waals surface area contributed by atoms with Crippen LogP contribution in [0.1, 0.15) is 106 Å². The highest BCUT2D eigenvalue weighted by atomic mass is 16.8. The third-order valence-electron chi connectivity index (χ3n) is 21.1. The van der Waals surface area contributed by atoms with Gasteiger partial charge in [0.15, 0.2) is 25.0 Å². The normalized spacial score (nSPS) is 53.6. The van der Waals surface area contributed by atoms with Crippen molar-refractivity contribution in [3.8, 4) is 0 Å². The van der Waals surface area contributed by atoms with Gasteiger partial charge in [-0.1, -0.05) is 46.3 Å². The quantitative estimate of drug-likeness (QED) is 0.0554. The molecule has 9 aliphatic rings. The van der Waals surface area contributed by atoms with Gasteiger partial charge in [0.1, 0.15) is 85.5 Å². The van der Waals surface area contributed by atoms with Crippen LogP contribution in [0.2, 0.25) is 0 Å². The largest absolute Gasteiger partial charge is 0.481 e. The van der Waals surface area contributed by atoms with E-state index in [4.69, 9.17) is 37.9 Å². The van der Waals surface area contributed by atoms with Crippen LogP contribution in [-0.2, 0) is 47.5 Å². The Morgan fingerprint density at radius 2 is 1.19 bits per heavy atom. The van der Waals surface area contributed by atoms with Gasteiger partial charge >= 0.3 is 11.9 Å². The molecule has 4 saturated carbocycles. The van der Waals surface area contributed by atoms with Crippen LogP contribution in [0.15, 0.2) is 11.6 Å². The van der Waals surface area contributed by atoms with Gasteiger partial charge in [0.2, 0.25) is 6.29 Å². The molecule has 0 spiro atoms. The molecule has 8 fully saturated rings. The number of carbonyl (C=O) groups excluding carboxylic acids is 1. The Morgan fingerprint density at radius 1 is 0.610 bits per heavy atom. The number of hydrogen-bond donors (Lipinski definition) is 14. The second kappa shape index (κ2) is 21.6. The van der Waals surface area contributed by atoms with Crippen molar-refractivity contribution in [1.82, 2.24) is 0 Å². The molecule has 77 heavy (non-hydrogen) atoms. The van der Waals surface area contributed by atoms with E-state index in [0.29, 0.717) is 64.2 Å². The Hall–Kier alpha value is -2.12. The van der Waals surface area contributed by atoms with Crippen molar-refractivity contribution in [3.63, 3.8) is 0 Å². The number of fused-ring (bicyclic) bond motifs is 7. The summed E-state index contributed by atoms with van der Waals surface area (Å²) >= 11 is 0. The number of allylic oxidation sites excluding steroid dienone is 2. The van der Waals surface area contributed by atoms with Crippen molar-refractivity contribution in [2.45, 2.75) is 229 Å². The summed E-state index contributed by atoms with van der Waals surface area (Å²) < 4.78 is 47.3. The minimum absolute atomic E-state index is 0.0160. The van der Waals surface area contributed by atoms with Crippen molar-refractivity contribution >= 4 is 11.9 Å². The fraction of sp³-hybridized carbons (Fsp3) is 0.925. The molecule has 14 N–H and O–H groups in total. The maximum atomic E-state index is 15.6. The lowest BCUT2D eigenvalue weighted by atomic mass is 9.33. The zero-order valence-corrected chi connectivity index (χ0v) is 44.6. The Bertz CT molecular complexity index is 2160. The number of carbonyl (C=O) groups is 2. The number of aliphatic hydroxyl groups is 13. The Labute approximate surface area is 446 Å². The average molecular weight is 1110 g/mol. The van der Waals surface area contributed by atoms with Crippen LogP contribution in [-0.4, -0.2) is 233 Å². The molecule has 28 atom stereocenters. The van der Waals surface area contributed by atoms with Gasteiger partial charge < -0.3 is 109 Å². The first-order valence-corrected chi connectivity index (χ1v) is 27.4. The van der Waals surface area contributed by atoms with Gasteiger partial charge in [-0.05, 0) is 111 Å². The molecule has 4 heterocycles. The number of ether oxygens (including phenoxy) is 8. The topological polar surface area (TPSA) is 391 Å². The number of carboxylic acids is 1. The van der Waals surface area contributed by atoms with Crippen molar-refractivity contribution in [1.29, 1.82) is 0 Å². The zero-order chi connectivity index (χ0) is 56.3. The predicted octanol–water partition coefficient (Wildman–Crippen LogP) is -2.33. The van der Waals surface area contributed by atoms with Crippen LogP contribution in [0.3, 0.4) is 0 Å². The van der Waals surface area contributed by atoms with Crippen LogP contribution in [0.4, 0.5) is 0 Å². The molecule has 4 aliphatic heterocycles. The molecular weight excluding hydrogens is 1020 g/mol. The molecule has 0 radical (unpaired) electrons. The first-order valence-electron chi connectivity index (χ1n) is 27.4. The van der Waals surface area contributed by atoms with Crippen molar-refractivity contribution < 1.29 is 119 Å². The van der Waals surface area contributed by atoms with E-state index in [1.165, 1.54) is 0 Å². The highest BCUT2D eigenvalue weighted by molar-refractivity contribution is 5.79. The minimum atomic E-state index is -2.02. The summed E-state index contributed by atoms with van der Waals surface area (Å²) in [7, 11) is 0. The summed E-state index contributed by atoms with van der Waals surface area (Å²) in [6, 6.07) is 0. The maximum Gasteiger partial charge on any atom is 0.315 e. The SMILES string of the molecule is CC1(C)CC[C@]2(C(=O)O[C@@H]3O[C@H](CO[C@@H]4O[C@H](CO)[C@@H](O)[C@H](O)[C@H]4O)[C@@H](O)[C@H](O)[C@H]3O[C@@H]3O[C@H](CO)[C@@H](O)[C@H](O)[C@H]3O)CC[C@]3(C)C(=CC[C@@H]4[C@@]5(C)CC[C@H](O[C@@H]6OC[C@H](O)[C@H](O)[C@H]6O)[C@@](C)(C(=O)O)[C@@H]5CC[C@]43C)[C@@H]2C1. The lowest BCUT2D eigenvalue weighted by Gasteiger charge is -2.71. The smallest absolute Gasteiger partial charge is 0.315 e.